The summed E-state index contributed by atoms with van der Waals surface area (Å²) < 4.78 is 39.0. The van der Waals surface area contributed by atoms with Crippen molar-refractivity contribution in [1.82, 2.24) is 19.5 Å². The molecule has 0 amide bonds. The van der Waals surface area contributed by atoms with Gasteiger partial charge in [0.05, 0.1) is 19.0 Å². The number of carboxylic acid groups (broad SMARTS) is 1. The second-order valence-electron chi connectivity index (χ2n) is 9.08. The Morgan fingerprint density at radius 1 is 1.08 bits per heavy atom. The molecule has 11 heteroatoms. The monoisotopic (exact) mass is 505 g/mol. The zero-order chi connectivity index (χ0) is 25.7. The first kappa shape index (κ1) is 25.7. The summed E-state index contributed by atoms with van der Waals surface area (Å²) in [6.45, 7) is 5.41. The molecule has 36 heavy (non-hydrogen) atoms. The second kappa shape index (κ2) is 11.2. The number of rotatable bonds is 5. The molecule has 4 heterocycles. The largest absolute Gasteiger partial charge is 0.497 e. The van der Waals surface area contributed by atoms with Crippen molar-refractivity contribution in [2.45, 2.75) is 44.3 Å². The molecule has 1 aromatic carbocycles. The number of pyridine rings is 1. The van der Waals surface area contributed by atoms with E-state index in [4.69, 9.17) is 24.7 Å². The van der Waals surface area contributed by atoms with Gasteiger partial charge in [0, 0.05) is 32.1 Å². The maximum atomic E-state index is 10.6. The lowest BCUT2D eigenvalue weighted by molar-refractivity contribution is -0.192. The van der Waals surface area contributed by atoms with Crippen molar-refractivity contribution in [2.24, 2.45) is 0 Å². The highest BCUT2D eigenvalue weighted by molar-refractivity contribution is 5.73. The number of anilines is 1. The van der Waals surface area contributed by atoms with Gasteiger partial charge >= 0.3 is 12.1 Å². The van der Waals surface area contributed by atoms with Gasteiger partial charge in [0.15, 0.2) is 11.5 Å². The van der Waals surface area contributed by atoms with E-state index in [1.807, 2.05) is 16.6 Å². The number of aliphatic carboxylic acids is 1. The highest BCUT2D eigenvalue weighted by Crippen LogP contribution is 2.27. The average molecular weight is 506 g/mol. The van der Waals surface area contributed by atoms with Crippen molar-refractivity contribution in [3.63, 3.8) is 0 Å². The number of ether oxygens (including phenoxy) is 1. The fourth-order valence-corrected chi connectivity index (χ4v) is 4.62. The topological polar surface area (TPSA) is 83.2 Å². The van der Waals surface area contributed by atoms with E-state index in [9.17, 15) is 13.2 Å². The van der Waals surface area contributed by atoms with Crippen LogP contribution in [0.15, 0.2) is 42.6 Å². The van der Waals surface area contributed by atoms with Gasteiger partial charge in [-0.05, 0) is 62.1 Å². The summed E-state index contributed by atoms with van der Waals surface area (Å²) in [5.74, 6) is -0.458. The molecule has 5 rings (SSSR count). The van der Waals surface area contributed by atoms with Gasteiger partial charge in [0.25, 0.3) is 0 Å². The van der Waals surface area contributed by atoms with Crippen LogP contribution in [0.2, 0.25) is 0 Å². The van der Waals surface area contributed by atoms with Crippen LogP contribution >= 0.6 is 0 Å². The summed E-state index contributed by atoms with van der Waals surface area (Å²) >= 11 is 0. The smallest absolute Gasteiger partial charge is 0.490 e. The molecule has 0 spiro atoms. The van der Waals surface area contributed by atoms with Gasteiger partial charge in [-0.25, -0.2) is 14.3 Å². The molecular weight excluding hydrogens is 475 g/mol. The third-order valence-electron chi connectivity index (χ3n) is 6.48. The number of alkyl halides is 3. The minimum absolute atomic E-state index is 0.400. The number of aromatic nitrogens is 3. The lowest BCUT2D eigenvalue weighted by atomic mass is 9.97. The maximum absolute atomic E-state index is 10.6. The first-order valence-electron chi connectivity index (χ1n) is 12.0. The van der Waals surface area contributed by atoms with E-state index in [1.54, 1.807) is 7.11 Å². The van der Waals surface area contributed by atoms with Gasteiger partial charge in [-0.1, -0.05) is 12.1 Å². The first-order valence-corrected chi connectivity index (χ1v) is 12.0. The highest BCUT2D eigenvalue weighted by atomic mass is 19.4. The summed E-state index contributed by atoms with van der Waals surface area (Å²) in [5, 5.41) is 12.0. The van der Waals surface area contributed by atoms with Gasteiger partial charge < -0.3 is 14.7 Å². The van der Waals surface area contributed by atoms with Crippen molar-refractivity contribution >= 4 is 17.3 Å². The number of fused-ring (bicyclic) bond motifs is 1. The van der Waals surface area contributed by atoms with Crippen molar-refractivity contribution in [2.75, 3.05) is 38.2 Å². The van der Waals surface area contributed by atoms with Crippen LogP contribution in [0.5, 0.6) is 5.75 Å². The number of methoxy groups -OCH3 is 1. The van der Waals surface area contributed by atoms with E-state index < -0.39 is 12.1 Å². The number of hydrogen-bond acceptors (Lipinski definition) is 6. The van der Waals surface area contributed by atoms with Crippen molar-refractivity contribution in [3.05, 3.63) is 54.0 Å². The Kier molecular flexibility index (Phi) is 7.97. The van der Waals surface area contributed by atoms with E-state index in [-0.39, 0.29) is 0 Å². The third kappa shape index (κ3) is 6.45. The normalized spacial score (nSPS) is 18.7. The maximum Gasteiger partial charge on any atom is 0.490 e. The number of benzene rings is 1. The van der Waals surface area contributed by atoms with Crippen molar-refractivity contribution in [1.29, 1.82) is 0 Å². The molecular formula is C25H30F3N5O3. The van der Waals surface area contributed by atoms with Gasteiger partial charge in [0.2, 0.25) is 0 Å². The van der Waals surface area contributed by atoms with Crippen molar-refractivity contribution < 1.29 is 27.8 Å². The minimum atomic E-state index is -5.08. The van der Waals surface area contributed by atoms with Crippen LogP contribution in [0.25, 0.3) is 5.65 Å². The fraction of sp³-hybridized carbons (Fsp3) is 0.480. The Labute approximate surface area is 207 Å². The van der Waals surface area contributed by atoms with Crippen LogP contribution in [0, 0.1) is 0 Å². The molecule has 8 nitrogen and oxygen atoms in total. The molecule has 0 aliphatic carbocycles. The van der Waals surface area contributed by atoms with E-state index in [0.29, 0.717) is 5.92 Å². The van der Waals surface area contributed by atoms with E-state index in [0.717, 1.165) is 56.4 Å². The number of likely N-dealkylation sites (tertiary alicyclic amines) is 1. The molecule has 0 radical (unpaired) electrons. The van der Waals surface area contributed by atoms with Gasteiger partial charge in [-0.2, -0.15) is 18.3 Å². The standard InChI is InChI=1S/C23H29N5O.C2HF3O2/c1-29-21-9-6-18(7-10-21)15-26-12-4-5-19(16-26)23-24-22-11-8-20(17-28(22)25-23)27-13-2-3-14-27;3-2(4,5)1(6)7/h6-11,17,19H,2-5,12-16H2,1H3;(H,6,7). The van der Waals surface area contributed by atoms with E-state index in [1.165, 1.54) is 30.5 Å². The Balaban J connectivity index is 0.000000384. The molecule has 0 bridgehead atoms. The van der Waals surface area contributed by atoms with Crippen LogP contribution in [-0.4, -0.2) is 70.0 Å². The minimum Gasteiger partial charge on any atom is -0.497 e. The average Bonchev–Trinajstić information content (AvgIpc) is 3.54. The number of piperidine rings is 1. The molecule has 194 valence electrons. The van der Waals surface area contributed by atoms with Gasteiger partial charge in [0.1, 0.15) is 5.75 Å². The van der Waals surface area contributed by atoms with E-state index in [2.05, 4.69) is 40.3 Å². The summed E-state index contributed by atoms with van der Waals surface area (Å²) in [7, 11) is 1.71. The molecule has 2 saturated heterocycles. The predicted molar refractivity (Wildman–Crippen MR) is 128 cm³/mol. The highest BCUT2D eigenvalue weighted by Gasteiger charge is 2.38. The van der Waals surface area contributed by atoms with Crippen LogP contribution in [0.4, 0.5) is 18.9 Å². The number of hydrogen-bond donors (Lipinski definition) is 1. The number of halogens is 3. The summed E-state index contributed by atoms with van der Waals surface area (Å²) in [4.78, 5) is 18.7. The summed E-state index contributed by atoms with van der Waals surface area (Å²) in [6.07, 6.45) is 1.99. The van der Waals surface area contributed by atoms with Crippen LogP contribution in [0.1, 0.15) is 43.0 Å². The van der Waals surface area contributed by atoms with E-state index >= 15 is 0 Å². The molecule has 3 aromatic rings. The number of carboxylic acids is 1. The van der Waals surface area contributed by atoms with Gasteiger partial charge in [-0.3, -0.25) is 4.90 Å². The second-order valence-corrected chi connectivity index (χ2v) is 9.08. The molecule has 1 N–H and O–H groups in total. The van der Waals surface area contributed by atoms with Crippen LogP contribution in [0.3, 0.4) is 0 Å². The predicted octanol–water partition coefficient (Wildman–Crippen LogP) is 4.35. The van der Waals surface area contributed by atoms with Crippen LogP contribution in [-0.2, 0) is 11.3 Å². The SMILES string of the molecule is COc1ccc(CN2CCCC(c3nc4ccc(N5CCCC5)cn4n3)C2)cc1.O=C(O)C(F)(F)F. The Hall–Kier alpha value is -3.34. The molecule has 1 unspecified atom stereocenters. The first-order chi connectivity index (χ1) is 17.2. The molecule has 0 saturated carbocycles. The van der Waals surface area contributed by atoms with Gasteiger partial charge in [-0.15, -0.1) is 0 Å². The molecule has 2 aliphatic rings. The summed E-state index contributed by atoms with van der Waals surface area (Å²) in [5.41, 5.74) is 3.54. The molecule has 1 atom stereocenters. The fourth-order valence-electron chi connectivity index (χ4n) is 4.62. The Morgan fingerprint density at radius 3 is 2.42 bits per heavy atom. The summed E-state index contributed by atoms with van der Waals surface area (Å²) in [6, 6.07) is 12.7. The Bertz CT molecular complexity index is 1160. The number of nitrogens with zero attached hydrogens (tertiary/aromatic N) is 5. The van der Waals surface area contributed by atoms with Crippen LogP contribution < -0.4 is 9.64 Å². The quantitative estimate of drug-likeness (QED) is 0.552. The third-order valence-corrected chi connectivity index (χ3v) is 6.48. The molecule has 2 aliphatic heterocycles. The van der Waals surface area contributed by atoms with Crippen molar-refractivity contribution in [3.8, 4) is 5.75 Å². The lowest BCUT2D eigenvalue weighted by Crippen LogP contribution is -2.34. The zero-order valence-corrected chi connectivity index (χ0v) is 20.1. The number of carbonyl (C=O) groups is 1. The molecule has 2 fully saturated rings. The zero-order valence-electron chi connectivity index (χ0n) is 20.1. The molecule has 2 aromatic heterocycles. The Morgan fingerprint density at radius 2 is 1.78 bits per heavy atom. The lowest BCUT2D eigenvalue weighted by Gasteiger charge is -2.31.